The molecular formula is C12H12N4O4. The van der Waals surface area contributed by atoms with Crippen LogP contribution < -0.4 is 5.32 Å². The molecule has 0 bridgehead atoms. The first-order valence-electron chi connectivity index (χ1n) is 5.83. The van der Waals surface area contributed by atoms with Crippen molar-refractivity contribution in [1.29, 1.82) is 0 Å². The zero-order valence-electron chi connectivity index (χ0n) is 10.7. The quantitative estimate of drug-likeness (QED) is 0.837. The average Bonchev–Trinajstić information content (AvgIpc) is 2.82. The van der Waals surface area contributed by atoms with Crippen LogP contribution in [0, 0.1) is 6.92 Å². The number of carboxylic acid groups (broad SMARTS) is 1. The van der Waals surface area contributed by atoms with Gasteiger partial charge in [-0.1, -0.05) is 5.16 Å². The Labute approximate surface area is 113 Å². The summed E-state index contributed by atoms with van der Waals surface area (Å²) < 4.78 is 4.88. The number of carboxylic acids is 1. The molecule has 8 heteroatoms. The summed E-state index contributed by atoms with van der Waals surface area (Å²) in [7, 11) is 0. The maximum absolute atomic E-state index is 11.7. The molecule has 8 nitrogen and oxygen atoms in total. The number of hydrogen-bond donors (Lipinski definition) is 2. The van der Waals surface area contributed by atoms with Crippen molar-refractivity contribution in [2.24, 2.45) is 0 Å². The number of nitrogens with zero attached hydrogens (tertiary/aromatic N) is 3. The lowest BCUT2D eigenvalue weighted by Crippen LogP contribution is -2.14. The number of aromatic nitrogens is 3. The summed E-state index contributed by atoms with van der Waals surface area (Å²) in [5, 5.41) is 15.0. The second-order valence-corrected chi connectivity index (χ2v) is 4.02. The van der Waals surface area contributed by atoms with Gasteiger partial charge in [0.1, 0.15) is 5.82 Å². The van der Waals surface area contributed by atoms with Crippen LogP contribution >= 0.6 is 0 Å². The molecule has 104 valence electrons. The molecule has 1 amide bonds. The van der Waals surface area contributed by atoms with Crippen LogP contribution in [0.2, 0.25) is 0 Å². The van der Waals surface area contributed by atoms with E-state index in [9.17, 15) is 9.59 Å². The zero-order chi connectivity index (χ0) is 14.5. The number of pyridine rings is 1. The van der Waals surface area contributed by atoms with Gasteiger partial charge in [-0.15, -0.1) is 0 Å². The van der Waals surface area contributed by atoms with Crippen molar-refractivity contribution in [3.05, 3.63) is 35.6 Å². The molecule has 2 rings (SSSR count). The van der Waals surface area contributed by atoms with Gasteiger partial charge in [0.2, 0.25) is 11.8 Å². The van der Waals surface area contributed by atoms with E-state index in [4.69, 9.17) is 9.63 Å². The van der Waals surface area contributed by atoms with E-state index in [2.05, 4.69) is 20.4 Å². The van der Waals surface area contributed by atoms with Gasteiger partial charge in [0.05, 0.1) is 5.56 Å². The van der Waals surface area contributed by atoms with Crippen LogP contribution in [0.4, 0.5) is 5.82 Å². The SMILES string of the molecule is Cc1noc(CCC(=O)Nc2cc(C(=O)O)ccn2)n1. The summed E-state index contributed by atoms with van der Waals surface area (Å²) >= 11 is 0. The van der Waals surface area contributed by atoms with E-state index in [0.717, 1.165) is 0 Å². The third-order valence-corrected chi connectivity index (χ3v) is 2.41. The summed E-state index contributed by atoms with van der Waals surface area (Å²) in [4.78, 5) is 30.3. The minimum atomic E-state index is -1.08. The van der Waals surface area contributed by atoms with E-state index in [1.54, 1.807) is 6.92 Å². The molecule has 0 radical (unpaired) electrons. The maximum atomic E-state index is 11.7. The van der Waals surface area contributed by atoms with Gasteiger partial charge in [-0.05, 0) is 19.1 Å². The molecule has 2 aromatic heterocycles. The van der Waals surface area contributed by atoms with Crippen molar-refractivity contribution in [1.82, 2.24) is 15.1 Å². The molecule has 0 fully saturated rings. The van der Waals surface area contributed by atoms with Crippen LogP contribution in [-0.2, 0) is 11.2 Å². The lowest BCUT2D eigenvalue weighted by molar-refractivity contribution is -0.116. The number of aryl methyl sites for hydroxylation is 2. The minimum absolute atomic E-state index is 0.0582. The first kappa shape index (κ1) is 13.7. The van der Waals surface area contributed by atoms with Gasteiger partial charge in [-0.3, -0.25) is 4.79 Å². The van der Waals surface area contributed by atoms with Crippen LogP contribution in [0.15, 0.2) is 22.9 Å². The summed E-state index contributed by atoms with van der Waals surface area (Å²) in [5.74, 6) is -0.308. The van der Waals surface area contributed by atoms with Gasteiger partial charge < -0.3 is 14.9 Å². The van der Waals surface area contributed by atoms with E-state index < -0.39 is 5.97 Å². The van der Waals surface area contributed by atoms with E-state index in [1.807, 2.05) is 0 Å². The van der Waals surface area contributed by atoms with Crippen LogP contribution in [-0.4, -0.2) is 32.1 Å². The highest BCUT2D eigenvalue weighted by atomic mass is 16.5. The molecule has 0 aliphatic carbocycles. The molecular weight excluding hydrogens is 264 g/mol. The van der Waals surface area contributed by atoms with E-state index in [-0.39, 0.29) is 23.7 Å². The summed E-state index contributed by atoms with van der Waals surface area (Å²) in [6, 6.07) is 2.64. The second-order valence-electron chi connectivity index (χ2n) is 4.02. The second kappa shape index (κ2) is 5.91. The number of aromatic carboxylic acids is 1. The molecule has 2 heterocycles. The first-order valence-corrected chi connectivity index (χ1v) is 5.83. The Hall–Kier alpha value is -2.77. The van der Waals surface area contributed by atoms with Crippen LogP contribution in [0.5, 0.6) is 0 Å². The third kappa shape index (κ3) is 3.61. The van der Waals surface area contributed by atoms with Gasteiger partial charge in [0, 0.05) is 19.0 Å². The van der Waals surface area contributed by atoms with Crippen LogP contribution in [0.1, 0.15) is 28.5 Å². The monoisotopic (exact) mass is 276 g/mol. The van der Waals surface area contributed by atoms with Gasteiger partial charge >= 0.3 is 5.97 Å². The lowest BCUT2D eigenvalue weighted by Gasteiger charge is -2.03. The highest BCUT2D eigenvalue weighted by Crippen LogP contribution is 2.08. The van der Waals surface area contributed by atoms with E-state index in [0.29, 0.717) is 18.1 Å². The third-order valence-electron chi connectivity index (χ3n) is 2.41. The summed E-state index contributed by atoms with van der Waals surface area (Å²) in [5.41, 5.74) is 0.0582. The normalized spacial score (nSPS) is 10.2. The molecule has 0 atom stereocenters. The predicted octanol–water partition coefficient (Wildman–Crippen LogP) is 1.04. The fraction of sp³-hybridized carbons (Fsp3) is 0.250. The molecule has 0 spiro atoms. The highest BCUT2D eigenvalue weighted by Gasteiger charge is 2.09. The van der Waals surface area contributed by atoms with Crippen molar-refractivity contribution >= 4 is 17.7 Å². The topological polar surface area (TPSA) is 118 Å². The van der Waals surface area contributed by atoms with Crippen molar-refractivity contribution in [3.8, 4) is 0 Å². The van der Waals surface area contributed by atoms with E-state index in [1.165, 1.54) is 18.3 Å². The predicted molar refractivity (Wildman–Crippen MR) is 67.2 cm³/mol. The first-order chi connectivity index (χ1) is 9.54. The Bertz CT molecular complexity index is 638. The Balaban J connectivity index is 1.91. The fourth-order valence-electron chi connectivity index (χ4n) is 1.50. The number of rotatable bonds is 5. The van der Waals surface area contributed by atoms with Gasteiger partial charge in [0.25, 0.3) is 0 Å². The molecule has 0 aromatic carbocycles. The van der Waals surface area contributed by atoms with E-state index >= 15 is 0 Å². The molecule has 0 aliphatic heterocycles. The molecule has 0 unspecified atom stereocenters. The number of amides is 1. The van der Waals surface area contributed by atoms with Crippen LogP contribution in [0.25, 0.3) is 0 Å². The fourth-order valence-corrected chi connectivity index (χ4v) is 1.50. The van der Waals surface area contributed by atoms with Crippen molar-refractivity contribution in [3.63, 3.8) is 0 Å². The van der Waals surface area contributed by atoms with Gasteiger partial charge in [0.15, 0.2) is 5.82 Å². The number of carbonyl (C=O) groups is 2. The summed E-state index contributed by atoms with van der Waals surface area (Å²) in [6.45, 7) is 1.69. The molecule has 0 saturated carbocycles. The Morgan fingerprint density at radius 2 is 2.25 bits per heavy atom. The van der Waals surface area contributed by atoms with Gasteiger partial charge in [-0.2, -0.15) is 4.98 Å². The van der Waals surface area contributed by atoms with Gasteiger partial charge in [-0.25, -0.2) is 9.78 Å². The Kier molecular flexibility index (Phi) is 4.04. The Morgan fingerprint density at radius 1 is 1.45 bits per heavy atom. The smallest absolute Gasteiger partial charge is 0.335 e. The van der Waals surface area contributed by atoms with Crippen molar-refractivity contribution < 1.29 is 19.2 Å². The summed E-state index contributed by atoms with van der Waals surface area (Å²) in [6.07, 6.45) is 1.77. The molecule has 20 heavy (non-hydrogen) atoms. The molecule has 2 N–H and O–H groups in total. The number of nitrogens with one attached hydrogen (secondary N) is 1. The number of anilines is 1. The Morgan fingerprint density at radius 3 is 2.90 bits per heavy atom. The van der Waals surface area contributed by atoms with Crippen LogP contribution in [0.3, 0.4) is 0 Å². The number of carbonyl (C=O) groups excluding carboxylic acids is 1. The maximum Gasteiger partial charge on any atom is 0.335 e. The van der Waals surface area contributed by atoms with Crippen molar-refractivity contribution in [2.75, 3.05) is 5.32 Å². The molecule has 2 aromatic rings. The molecule has 0 aliphatic rings. The standard InChI is InChI=1S/C12H12N4O4/c1-7-14-11(20-16-7)3-2-10(17)15-9-6-8(12(18)19)4-5-13-9/h4-6H,2-3H2,1H3,(H,18,19)(H,13,15,17). The largest absolute Gasteiger partial charge is 0.478 e. The average molecular weight is 276 g/mol. The van der Waals surface area contributed by atoms with Crippen molar-refractivity contribution in [2.45, 2.75) is 19.8 Å². The lowest BCUT2D eigenvalue weighted by atomic mass is 10.2. The minimum Gasteiger partial charge on any atom is -0.478 e. The molecule has 0 saturated heterocycles. The number of hydrogen-bond acceptors (Lipinski definition) is 6. The highest BCUT2D eigenvalue weighted by molar-refractivity contribution is 5.92. The zero-order valence-corrected chi connectivity index (χ0v) is 10.7.